The standard InChI is InChI=1S/C23H19ClN2O4S/c1-3-31(28,29)16-9-11-21-20(13-16)26-23(30-21)18-10-8-15(12-19(18)24)25-22(27)17-7-5-4-6-14(17)2/h4-13H,3H2,1-2H3,(H,25,27). The lowest BCUT2D eigenvalue weighted by Crippen LogP contribution is -2.13. The molecule has 0 unspecified atom stereocenters. The Bertz CT molecular complexity index is 1410. The first-order valence-electron chi connectivity index (χ1n) is 9.59. The molecule has 4 rings (SSSR count). The van der Waals surface area contributed by atoms with Gasteiger partial charge < -0.3 is 9.73 Å². The normalized spacial score (nSPS) is 11.6. The lowest BCUT2D eigenvalue weighted by molar-refractivity contribution is 0.102. The van der Waals surface area contributed by atoms with Crippen LogP contribution in [0.15, 0.2) is 70.0 Å². The molecule has 1 heterocycles. The predicted octanol–water partition coefficient (Wildman–Crippen LogP) is 5.50. The third kappa shape index (κ3) is 4.19. The Hall–Kier alpha value is -3.16. The number of nitrogens with zero attached hydrogens (tertiary/aromatic N) is 1. The van der Waals surface area contributed by atoms with E-state index in [0.29, 0.717) is 32.9 Å². The third-order valence-corrected chi connectivity index (χ3v) is 6.99. The Labute approximate surface area is 184 Å². The summed E-state index contributed by atoms with van der Waals surface area (Å²) in [6.07, 6.45) is 0. The average molecular weight is 455 g/mol. The molecule has 6 nitrogen and oxygen atoms in total. The molecule has 158 valence electrons. The number of halogens is 1. The summed E-state index contributed by atoms with van der Waals surface area (Å²) < 4.78 is 30.0. The SMILES string of the molecule is CCS(=O)(=O)c1ccc2oc(-c3ccc(NC(=O)c4ccccc4C)cc3Cl)nc2c1. The van der Waals surface area contributed by atoms with Crippen molar-refractivity contribution in [2.45, 2.75) is 18.7 Å². The Morgan fingerprint density at radius 1 is 1.10 bits per heavy atom. The maximum atomic E-state index is 12.5. The van der Waals surface area contributed by atoms with Crippen LogP contribution in [0.1, 0.15) is 22.8 Å². The van der Waals surface area contributed by atoms with Crippen LogP contribution in [0.25, 0.3) is 22.6 Å². The highest BCUT2D eigenvalue weighted by atomic mass is 35.5. The minimum atomic E-state index is -3.34. The molecule has 0 aliphatic rings. The van der Waals surface area contributed by atoms with Crippen LogP contribution in [0, 0.1) is 6.92 Å². The summed E-state index contributed by atoms with van der Waals surface area (Å²) in [5.41, 5.74) is 3.41. The van der Waals surface area contributed by atoms with Gasteiger partial charge in [-0.2, -0.15) is 0 Å². The lowest BCUT2D eigenvalue weighted by Gasteiger charge is -2.09. The van der Waals surface area contributed by atoms with Crippen LogP contribution in [0.3, 0.4) is 0 Å². The quantitative estimate of drug-likeness (QED) is 0.430. The highest BCUT2D eigenvalue weighted by molar-refractivity contribution is 7.91. The van der Waals surface area contributed by atoms with Gasteiger partial charge in [0, 0.05) is 11.3 Å². The fraction of sp³-hybridized carbons (Fsp3) is 0.130. The largest absolute Gasteiger partial charge is 0.436 e. The molecule has 0 fully saturated rings. The number of anilines is 1. The van der Waals surface area contributed by atoms with Crippen LogP contribution in [-0.4, -0.2) is 25.1 Å². The molecule has 0 aliphatic heterocycles. The van der Waals surface area contributed by atoms with Crippen molar-refractivity contribution >= 4 is 44.1 Å². The first-order chi connectivity index (χ1) is 14.8. The van der Waals surface area contributed by atoms with Gasteiger partial charge in [-0.1, -0.05) is 36.7 Å². The molecule has 1 N–H and O–H groups in total. The zero-order chi connectivity index (χ0) is 22.2. The molecule has 1 aromatic heterocycles. The molecule has 0 atom stereocenters. The molecule has 8 heteroatoms. The Morgan fingerprint density at radius 3 is 2.58 bits per heavy atom. The van der Waals surface area contributed by atoms with Gasteiger partial charge in [-0.25, -0.2) is 13.4 Å². The second kappa shape index (κ2) is 8.17. The molecule has 1 amide bonds. The molecule has 31 heavy (non-hydrogen) atoms. The first kappa shape index (κ1) is 21.1. The smallest absolute Gasteiger partial charge is 0.255 e. The molecule has 0 saturated heterocycles. The lowest BCUT2D eigenvalue weighted by atomic mass is 10.1. The van der Waals surface area contributed by atoms with Gasteiger partial charge in [0.25, 0.3) is 5.91 Å². The van der Waals surface area contributed by atoms with E-state index >= 15 is 0 Å². The van der Waals surface area contributed by atoms with Crippen molar-refractivity contribution in [3.8, 4) is 11.5 Å². The molecule has 0 bridgehead atoms. The van der Waals surface area contributed by atoms with Crippen molar-refractivity contribution in [1.82, 2.24) is 4.98 Å². The monoisotopic (exact) mass is 454 g/mol. The van der Waals surface area contributed by atoms with E-state index in [0.717, 1.165) is 5.56 Å². The van der Waals surface area contributed by atoms with E-state index in [1.54, 1.807) is 37.3 Å². The summed E-state index contributed by atoms with van der Waals surface area (Å²) >= 11 is 6.43. The molecule has 4 aromatic rings. The molecular formula is C23H19ClN2O4S. The summed E-state index contributed by atoms with van der Waals surface area (Å²) in [4.78, 5) is 17.1. The number of amides is 1. The number of hydrogen-bond donors (Lipinski definition) is 1. The summed E-state index contributed by atoms with van der Waals surface area (Å²) in [7, 11) is -3.34. The topological polar surface area (TPSA) is 89.3 Å². The zero-order valence-corrected chi connectivity index (χ0v) is 18.4. The average Bonchev–Trinajstić information content (AvgIpc) is 3.17. The van der Waals surface area contributed by atoms with Crippen LogP contribution in [-0.2, 0) is 9.84 Å². The number of hydrogen-bond acceptors (Lipinski definition) is 5. The molecule has 0 radical (unpaired) electrons. The molecule has 0 spiro atoms. The fourth-order valence-corrected chi connectivity index (χ4v) is 4.34. The fourth-order valence-electron chi connectivity index (χ4n) is 3.17. The van der Waals surface area contributed by atoms with Gasteiger partial charge in [0.2, 0.25) is 5.89 Å². The first-order valence-corrected chi connectivity index (χ1v) is 11.6. The van der Waals surface area contributed by atoms with Crippen molar-refractivity contribution in [2.24, 2.45) is 0 Å². The van der Waals surface area contributed by atoms with Crippen LogP contribution < -0.4 is 5.32 Å². The van der Waals surface area contributed by atoms with Gasteiger partial charge in [-0.3, -0.25) is 4.79 Å². The van der Waals surface area contributed by atoms with E-state index in [1.807, 2.05) is 25.1 Å². The van der Waals surface area contributed by atoms with Gasteiger partial charge in [-0.15, -0.1) is 0 Å². The van der Waals surface area contributed by atoms with E-state index in [2.05, 4.69) is 10.3 Å². The molecule has 0 saturated carbocycles. The minimum Gasteiger partial charge on any atom is -0.436 e. The number of oxazole rings is 1. The molecule has 0 aliphatic carbocycles. The number of aryl methyl sites for hydroxylation is 1. The minimum absolute atomic E-state index is 0.00469. The van der Waals surface area contributed by atoms with Crippen LogP contribution >= 0.6 is 11.6 Å². The van der Waals surface area contributed by atoms with Crippen LogP contribution in [0.2, 0.25) is 5.02 Å². The second-order valence-electron chi connectivity index (χ2n) is 7.02. The maximum Gasteiger partial charge on any atom is 0.255 e. The number of nitrogens with one attached hydrogen (secondary N) is 1. The summed E-state index contributed by atoms with van der Waals surface area (Å²) in [6.45, 7) is 3.46. The second-order valence-corrected chi connectivity index (χ2v) is 9.70. The van der Waals surface area contributed by atoms with E-state index in [-0.39, 0.29) is 22.4 Å². The van der Waals surface area contributed by atoms with Crippen molar-refractivity contribution in [2.75, 3.05) is 11.1 Å². The van der Waals surface area contributed by atoms with E-state index < -0.39 is 9.84 Å². The number of carbonyl (C=O) groups excluding carboxylic acids is 1. The van der Waals surface area contributed by atoms with Gasteiger partial charge >= 0.3 is 0 Å². The number of rotatable bonds is 5. The number of carbonyl (C=O) groups is 1. The van der Waals surface area contributed by atoms with Crippen LogP contribution in [0.4, 0.5) is 5.69 Å². The molecule has 3 aromatic carbocycles. The number of benzene rings is 3. The van der Waals surface area contributed by atoms with Crippen molar-refractivity contribution in [1.29, 1.82) is 0 Å². The van der Waals surface area contributed by atoms with E-state index in [4.69, 9.17) is 16.0 Å². The van der Waals surface area contributed by atoms with Crippen LogP contribution in [0.5, 0.6) is 0 Å². The Balaban J connectivity index is 1.63. The number of sulfone groups is 1. The highest BCUT2D eigenvalue weighted by Crippen LogP contribution is 2.33. The van der Waals surface area contributed by atoms with Gasteiger partial charge in [0.15, 0.2) is 15.4 Å². The van der Waals surface area contributed by atoms with Crippen molar-refractivity contribution < 1.29 is 17.6 Å². The maximum absolute atomic E-state index is 12.5. The summed E-state index contributed by atoms with van der Waals surface area (Å²) in [5.74, 6) is 0.0429. The Morgan fingerprint density at radius 2 is 1.87 bits per heavy atom. The van der Waals surface area contributed by atoms with E-state index in [1.165, 1.54) is 12.1 Å². The highest BCUT2D eigenvalue weighted by Gasteiger charge is 2.17. The van der Waals surface area contributed by atoms with Gasteiger partial charge in [-0.05, 0) is 55.0 Å². The third-order valence-electron chi connectivity index (χ3n) is 4.95. The van der Waals surface area contributed by atoms with Crippen molar-refractivity contribution in [3.63, 3.8) is 0 Å². The van der Waals surface area contributed by atoms with Crippen molar-refractivity contribution in [3.05, 3.63) is 76.8 Å². The van der Waals surface area contributed by atoms with Gasteiger partial charge in [0.1, 0.15) is 5.52 Å². The number of aromatic nitrogens is 1. The number of fused-ring (bicyclic) bond motifs is 1. The van der Waals surface area contributed by atoms with Gasteiger partial charge in [0.05, 0.1) is 21.2 Å². The summed E-state index contributed by atoms with van der Waals surface area (Å²) in [6, 6.07) is 16.9. The Kier molecular flexibility index (Phi) is 5.56. The van der Waals surface area contributed by atoms with E-state index in [9.17, 15) is 13.2 Å². The molecular weight excluding hydrogens is 436 g/mol. The zero-order valence-electron chi connectivity index (χ0n) is 16.8. The summed E-state index contributed by atoms with van der Waals surface area (Å²) in [5, 5.41) is 3.18. The predicted molar refractivity (Wildman–Crippen MR) is 121 cm³/mol.